The molecule has 1 heterocycles. The quantitative estimate of drug-likeness (QED) is 0.364. The van der Waals surface area contributed by atoms with Crippen molar-refractivity contribution in [2.75, 3.05) is 7.11 Å². The van der Waals surface area contributed by atoms with E-state index < -0.39 is 50.4 Å². The van der Waals surface area contributed by atoms with E-state index in [0.717, 1.165) is 0 Å². The van der Waals surface area contributed by atoms with Gasteiger partial charge in [-0.2, -0.15) is 0 Å². The maximum atomic E-state index is 14.0. The minimum atomic E-state index is -2.32. The maximum absolute atomic E-state index is 14.0. The maximum Gasteiger partial charge on any atom is 0.324 e. The molecule has 1 N–H and O–H groups in total. The van der Waals surface area contributed by atoms with Gasteiger partial charge in [-0.3, -0.25) is 19.2 Å². The van der Waals surface area contributed by atoms with Crippen molar-refractivity contribution in [1.29, 1.82) is 0 Å². The molecule has 4 fully saturated rings. The number of Topliss-reactive ketones (excluding diaryl/α,β-unsaturated/α-hetero) is 2. The molecule has 0 amide bonds. The van der Waals surface area contributed by atoms with Crippen LogP contribution in [0.5, 0.6) is 0 Å². The molecule has 0 unspecified atom stereocenters. The van der Waals surface area contributed by atoms with E-state index in [4.69, 9.17) is 9.47 Å². The first-order chi connectivity index (χ1) is 15.0. The molecule has 182 valence electrons. The van der Waals surface area contributed by atoms with Gasteiger partial charge in [-0.15, -0.1) is 0 Å². The number of aliphatic hydroxyl groups is 1. The van der Waals surface area contributed by atoms with Crippen LogP contribution >= 0.6 is 0 Å². The van der Waals surface area contributed by atoms with Crippen LogP contribution in [0.15, 0.2) is 12.2 Å². The van der Waals surface area contributed by atoms with Crippen molar-refractivity contribution in [3.8, 4) is 0 Å². The van der Waals surface area contributed by atoms with Crippen LogP contribution in [0.4, 0.5) is 0 Å². The molecule has 3 saturated carbocycles. The van der Waals surface area contributed by atoms with Crippen molar-refractivity contribution >= 4 is 23.5 Å². The molecule has 7 nitrogen and oxygen atoms in total. The first kappa shape index (κ1) is 24.1. The lowest BCUT2D eigenvalue weighted by molar-refractivity contribution is -0.221. The van der Waals surface area contributed by atoms with E-state index in [1.165, 1.54) is 14.0 Å². The predicted octanol–water partition coefficient (Wildman–Crippen LogP) is 3.17. The van der Waals surface area contributed by atoms with E-state index in [1.807, 2.05) is 20.8 Å². The minimum absolute atomic E-state index is 0.0226. The van der Waals surface area contributed by atoms with E-state index >= 15 is 0 Å². The Kier molecular flexibility index (Phi) is 4.79. The molecule has 7 atom stereocenters. The first-order valence-electron chi connectivity index (χ1n) is 11.8. The van der Waals surface area contributed by atoms with Crippen LogP contribution in [0.2, 0.25) is 0 Å². The van der Waals surface area contributed by atoms with Gasteiger partial charge in [-0.05, 0) is 75.7 Å². The summed E-state index contributed by atoms with van der Waals surface area (Å²) in [5.74, 6) is -2.81. The van der Waals surface area contributed by atoms with Crippen molar-refractivity contribution in [1.82, 2.24) is 0 Å². The molecule has 0 aromatic rings. The van der Waals surface area contributed by atoms with E-state index in [0.29, 0.717) is 25.7 Å². The molecule has 3 aliphatic carbocycles. The van der Waals surface area contributed by atoms with E-state index in [9.17, 15) is 24.3 Å². The summed E-state index contributed by atoms with van der Waals surface area (Å²) >= 11 is 0. The number of cyclic esters (lactones) is 1. The second kappa shape index (κ2) is 6.55. The Morgan fingerprint density at radius 3 is 2.21 bits per heavy atom. The van der Waals surface area contributed by atoms with Crippen LogP contribution in [-0.2, 0) is 28.7 Å². The monoisotopic (exact) mass is 460 g/mol. The molecular weight excluding hydrogens is 424 g/mol. The minimum Gasteiger partial charge on any atom is -0.468 e. The number of carbonyl (C=O) groups excluding carboxylic acids is 4. The summed E-state index contributed by atoms with van der Waals surface area (Å²) in [5.41, 5.74) is -7.41. The largest absolute Gasteiger partial charge is 0.468 e. The lowest BCUT2D eigenvalue weighted by atomic mass is 9.31. The van der Waals surface area contributed by atoms with Crippen molar-refractivity contribution in [2.24, 2.45) is 33.5 Å². The highest BCUT2D eigenvalue weighted by Gasteiger charge is 2.81. The highest BCUT2D eigenvalue weighted by Crippen LogP contribution is 2.75. The third-order valence-corrected chi connectivity index (χ3v) is 10.2. The van der Waals surface area contributed by atoms with Crippen LogP contribution < -0.4 is 0 Å². The van der Waals surface area contributed by atoms with E-state index in [1.54, 1.807) is 6.92 Å². The summed E-state index contributed by atoms with van der Waals surface area (Å²) in [6.45, 7) is 14.9. The number of rotatable bonds is 1. The van der Waals surface area contributed by atoms with E-state index in [-0.39, 0.29) is 29.8 Å². The average molecular weight is 461 g/mol. The Hall–Kier alpha value is -2.02. The van der Waals surface area contributed by atoms with Crippen LogP contribution in [0.3, 0.4) is 0 Å². The third kappa shape index (κ3) is 2.50. The summed E-state index contributed by atoms with van der Waals surface area (Å²) in [6, 6.07) is 0. The highest BCUT2D eigenvalue weighted by molar-refractivity contribution is 6.26. The van der Waals surface area contributed by atoms with Crippen molar-refractivity contribution in [3.05, 3.63) is 12.2 Å². The topological polar surface area (TPSA) is 107 Å². The fourth-order valence-corrected chi connectivity index (χ4v) is 8.63. The molecule has 0 radical (unpaired) electrons. The third-order valence-electron chi connectivity index (χ3n) is 10.2. The second-order valence-corrected chi connectivity index (χ2v) is 12.1. The zero-order valence-electron chi connectivity index (χ0n) is 20.8. The smallest absolute Gasteiger partial charge is 0.324 e. The van der Waals surface area contributed by atoms with Gasteiger partial charge in [-0.25, -0.2) is 0 Å². The molecule has 2 bridgehead atoms. The van der Waals surface area contributed by atoms with Gasteiger partial charge in [0.15, 0.2) is 22.6 Å². The average Bonchev–Trinajstić information content (AvgIpc) is 2.81. The first-order valence-corrected chi connectivity index (χ1v) is 11.8. The number of hydrogen-bond acceptors (Lipinski definition) is 7. The van der Waals surface area contributed by atoms with Crippen LogP contribution in [0.25, 0.3) is 0 Å². The number of fused-ring (bicyclic) bond motifs is 6. The number of ketones is 2. The molecule has 1 saturated heterocycles. The Labute approximate surface area is 195 Å². The molecule has 0 aromatic heterocycles. The SMILES string of the molecule is C=C1[C@@]2(C)C[C@H]3[C@]4(C)CCC(=O)OC(C)(C)[C@H]4CC[C@]3(C)[C@]1(C(=O)OC)C(=O)[C@@](C)(O)C2=O. The summed E-state index contributed by atoms with van der Waals surface area (Å²) in [7, 11) is 1.22. The van der Waals surface area contributed by atoms with Gasteiger partial charge in [0.25, 0.3) is 0 Å². The van der Waals surface area contributed by atoms with Gasteiger partial charge in [-0.1, -0.05) is 20.4 Å². The van der Waals surface area contributed by atoms with Crippen molar-refractivity contribution in [2.45, 2.75) is 84.8 Å². The molecule has 7 heteroatoms. The number of ether oxygens (including phenoxy) is 2. The zero-order chi connectivity index (χ0) is 25.0. The molecule has 1 aliphatic heterocycles. The summed E-state index contributed by atoms with van der Waals surface area (Å²) in [6.07, 6.45) is 2.18. The fourth-order valence-electron chi connectivity index (χ4n) is 8.63. The lowest BCUT2D eigenvalue weighted by Crippen LogP contribution is -2.77. The normalized spacial score (nSPS) is 48.8. The highest BCUT2D eigenvalue weighted by atomic mass is 16.6. The number of methoxy groups -OCH3 is 1. The van der Waals surface area contributed by atoms with Crippen molar-refractivity contribution in [3.63, 3.8) is 0 Å². The number of carbonyl (C=O) groups is 4. The van der Waals surface area contributed by atoms with Gasteiger partial charge in [0.2, 0.25) is 0 Å². The summed E-state index contributed by atoms with van der Waals surface area (Å²) in [5, 5.41) is 11.2. The molecular formula is C26H36O7. The van der Waals surface area contributed by atoms with E-state index in [2.05, 4.69) is 13.5 Å². The summed E-state index contributed by atoms with van der Waals surface area (Å²) < 4.78 is 11.1. The Bertz CT molecular complexity index is 983. The summed E-state index contributed by atoms with van der Waals surface area (Å²) in [4.78, 5) is 53.7. The zero-order valence-corrected chi connectivity index (χ0v) is 20.8. The van der Waals surface area contributed by atoms with Crippen LogP contribution in [-0.4, -0.2) is 46.9 Å². The Morgan fingerprint density at radius 1 is 1.03 bits per heavy atom. The second-order valence-electron chi connectivity index (χ2n) is 12.1. The number of hydrogen-bond donors (Lipinski definition) is 1. The standard InChI is InChI=1S/C26H36O7/c1-14-23(5)13-16-22(4)11-10-17(27)33-21(2,3)15(22)9-12-24(16,6)26(14,20(30)32-8)19(29)25(7,31)18(23)28/h15-16,31H,1,9-13H2,2-8H3/t15-,16+,22-,23-,24+,25+,26+/m1/s1. The van der Waals surface area contributed by atoms with Crippen LogP contribution in [0, 0.1) is 33.5 Å². The molecule has 33 heavy (non-hydrogen) atoms. The lowest BCUT2D eigenvalue weighted by Gasteiger charge is -2.70. The molecule has 0 aromatic carbocycles. The van der Waals surface area contributed by atoms with Crippen LogP contribution in [0.1, 0.15) is 73.6 Å². The Balaban J connectivity index is 2.04. The predicted molar refractivity (Wildman–Crippen MR) is 119 cm³/mol. The molecule has 0 spiro atoms. The molecule has 4 aliphatic rings. The van der Waals surface area contributed by atoms with Crippen molar-refractivity contribution < 1.29 is 33.8 Å². The number of esters is 2. The van der Waals surface area contributed by atoms with Gasteiger partial charge in [0.05, 0.1) is 12.5 Å². The van der Waals surface area contributed by atoms with Gasteiger partial charge < -0.3 is 14.6 Å². The van der Waals surface area contributed by atoms with Gasteiger partial charge in [0.1, 0.15) is 5.60 Å². The Morgan fingerprint density at radius 2 is 1.64 bits per heavy atom. The van der Waals surface area contributed by atoms with Gasteiger partial charge >= 0.3 is 11.9 Å². The fraction of sp³-hybridized carbons (Fsp3) is 0.769. The van der Waals surface area contributed by atoms with Gasteiger partial charge in [0, 0.05) is 12.3 Å². The molecule has 4 rings (SSSR count).